The second-order valence-corrected chi connectivity index (χ2v) is 7.72. The van der Waals surface area contributed by atoms with E-state index in [0.29, 0.717) is 36.9 Å². The zero-order chi connectivity index (χ0) is 18.6. The SMILES string of the molecule is Cc1nonc1CC(=O)N1CCCC(C)(C(=O)NCC2CCOCC2)C1. The van der Waals surface area contributed by atoms with Gasteiger partial charge in [0.15, 0.2) is 0 Å². The number of carbonyl (C=O) groups is 2. The number of nitrogens with zero attached hydrogens (tertiary/aromatic N) is 3. The summed E-state index contributed by atoms with van der Waals surface area (Å²) in [4.78, 5) is 27.2. The maximum atomic E-state index is 12.8. The van der Waals surface area contributed by atoms with Crippen LogP contribution in [-0.2, 0) is 20.7 Å². The molecule has 2 amide bonds. The highest BCUT2D eigenvalue weighted by molar-refractivity contribution is 5.84. The summed E-state index contributed by atoms with van der Waals surface area (Å²) in [6.45, 7) is 7.07. The average Bonchev–Trinajstić information content (AvgIpc) is 3.05. The van der Waals surface area contributed by atoms with Crippen molar-refractivity contribution in [2.45, 2.75) is 46.0 Å². The van der Waals surface area contributed by atoms with Crippen LogP contribution in [0.4, 0.5) is 0 Å². The van der Waals surface area contributed by atoms with Crippen molar-refractivity contribution in [1.82, 2.24) is 20.5 Å². The highest BCUT2D eigenvalue weighted by Crippen LogP contribution is 2.30. The highest BCUT2D eigenvalue weighted by Gasteiger charge is 2.39. The average molecular weight is 364 g/mol. The van der Waals surface area contributed by atoms with Crippen LogP contribution in [0.15, 0.2) is 4.63 Å². The molecular weight excluding hydrogens is 336 g/mol. The number of likely N-dealkylation sites (tertiary alicyclic amines) is 1. The summed E-state index contributed by atoms with van der Waals surface area (Å²) in [6.07, 6.45) is 3.76. The van der Waals surface area contributed by atoms with E-state index in [1.807, 2.05) is 6.92 Å². The lowest BCUT2D eigenvalue weighted by molar-refractivity contribution is -0.140. The summed E-state index contributed by atoms with van der Waals surface area (Å²) in [7, 11) is 0. The Morgan fingerprint density at radius 2 is 2.08 bits per heavy atom. The van der Waals surface area contributed by atoms with Crippen molar-refractivity contribution in [3.05, 3.63) is 11.4 Å². The van der Waals surface area contributed by atoms with E-state index in [-0.39, 0.29) is 18.2 Å². The number of aryl methyl sites for hydroxylation is 1. The molecule has 1 aromatic rings. The van der Waals surface area contributed by atoms with E-state index in [1.165, 1.54) is 0 Å². The summed E-state index contributed by atoms with van der Waals surface area (Å²) >= 11 is 0. The van der Waals surface area contributed by atoms with E-state index in [4.69, 9.17) is 4.74 Å². The van der Waals surface area contributed by atoms with Crippen LogP contribution in [0, 0.1) is 18.3 Å². The first-order valence-electron chi connectivity index (χ1n) is 9.40. The number of amides is 2. The number of nitrogens with one attached hydrogen (secondary N) is 1. The Balaban J connectivity index is 1.54. The number of carbonyl (C=O) groups excluding carboxylic acids is 2. The summed E-state index contributed by atoms with van der Waals surface area (Å²) in [5.41, 5.74) is 0.648. The largest absolute Gasteiger partial charge is 0.381 e. The Morgan fingerprint density at radius 1 is 1.31 bits per heavy atom. The number of rotatable bonds is 5. The lowest BCUT2D eigenvalue weighted by Crippen LogP contribution is -2.52. The lowest BCUT2D eigenvalue weighted by Gasteiger charge is -2.39. The van der Waals surface area contributed by atoms with Crippen molar-refractivity contribution in [2.24, 2.45) is 11.3 Å². The Kier molecular flexibility index (Phi) is 5.90. The van der Waals surface area contributed by atoms with Crippen LogP contribution in [0.1, 0.15) is 44.0 Å². The molecule has 1 aromatic heterocycles. The molecule has 0 bridgehead atoms. The highest BCUT2D eigenvalue weighted by atomic mass is 16.6. The number of hydrogen-bond donors (Lipinski definition) is 1. The van der Waals surface area contributed by atoms with E-state index < -0.39 is 5.41 Å². The normalized spacial score (nSPS) is 24.5. The summed E-state index contributed by atoms with van der Waals surface area (Å²) < 4.78 is 10.0. The molecule has 3 rings (SSSR count). The van der Waals surface area contributed by atoms with E-state index in [2.05, 4.69) is 20.3 Å². The Bertz CT molecular complexity index is 641. The molecule has 1 unspecified atom stereocenters. The van der Waals surface area contributed by atoms with Gasteiger partial charge in [0.2, 0.25) is 11.8 Å². The molecule has 0 saturated carbocycles. The van der Waals surface area contributed by atoms with Crippen molar-refractivity contribution in [1.29, 1.82) is 0 Å². The third kappa shape index (κ3) is 4.41. The predicted molar refractivity (Wildman–Crippen MR) is 93.2 cm³/mol. The van der Waals surface area contributed by atoms with Crippen molar-refractivity contribution >= 4 is 11.8 Å². The third-order valence-electron chi connectivity index (χ3n) is 5.55. The summed E-state index contributed by atoms with van der Waals surface area (Å²) in [5.74, 6) is 0.494. The van der Waals surface area contributed by atoms with Gasteiger partial charge in [0.05, 0.1) is 11.8 Å². The molecule has 2 aliphatic heterocycles. The van der Waals surface area contributed by atoms with Gasteiger partial charge in [-0.1, -0.05) is 10.3 Å². The summed E-state index contributed by atoms with van der Waals surface area (Å²) in [6, 6.07) is 0. The molecule has 1 atom stereocenters. The van der Waals surface area contributed by atoms with Gasteiger partial charge in [0.25, 0.3) is 0 Å². The van der Waals surface area contributed by atoms with Gasteiger partial charge in [0, 0.05) is 32.8 Å². The van der Waals surface area contributed by atoms with Gasteiger partial charge < -0.3 is 15.0 Å². The van der Waals surface area contributed by atoms with Crippen molar-refractivity contribution in [3.63, 3.8) is 0 Å². The minimum absolute atomic E-state index is 0.0352. The van der Waals surface area contributed by atoms with Gasteiger partial charge in [-0.25, -0.2) is 4.63 Å². The first-order chi connectivity index (χ1) is 12.5. The minimum atomic E-state index is -0.545. The molecule has 0 aromatic carbocycles. The molecule has 0 radical (unpaired) electrons. The maximum Gasteiger partial charge on any atom is 0.228 e. The van der Waals surface area contributed by atoms with Crippen molar-refractivity contribution < 1.29 is 19.0 Å². The molecule has 8 nitrogen and oxygen atoms in total. The van der Waals surface area contributed by atoms with Crippen molar-refractivity contribution in [3.8, 4) is 0 Å². The standard InChI is InChI=1S/C18H28N4O4/c1-13-15(21-26-20-13)10-16(23)22-7-3-6-18(2,12-22)17(24)19-11-14-4-8-25-9-5-14/h14H,3-12H2,1-2H3,(H,19,24). The van der Waals surface area contributed by atoms with E-state index in [0.717, 1.165) is 38.9 Å². The van der Waals surface area contributed by atoms with Crippen molar-refractivity contribution in [2.75, 3.05) is 32.8 Å². The lowest BCUT2D eigenvalue weighted by atomic mass is 9.80. The number of aromatic nitrogens is 2. The smallest absolute Gasteiger partial charge is 0.228 e. The van der Waals surface area contributed by atoms with E-state index in [1.54, 1.807) is 11.8 Å². The zero-order valence-corrected chi connectivity index (χ0v) is 15.6. The van der Waals surface area contributed by atoms with Crippen LogP contribution in [0.3, 0.4) is 0 Å². The maximum absolute atomic E-state index is 12.8. The molecule has 0 aliphatic carbocycles. The molecule has 0 spiro atoms. The molecule has 144 valence electrons. The van der Waals surface area contributed by atoms with Crippen LogP contribution >= 0.6 is 0 Å². The first kappa shape index (κ1) is 18.8. The fourth-order valence-corrected chi connectivity index (χ4v) is 3.70. The molecule has 3 heterocycles. The van der Waals surface area contributed by atoms with Gasteiger partial charge in [-0.05, 0) is 45.4 Å². The molecule has 2 aliphatic rings. The zero-order valence-electron chi connectivity index (χ0n) is 15.6. The topological polar surface area (TPSA) is 97.6 Å². The molecule has 8 heteroatoms. The Morgan fingerprint density at radius 3 is 2.77 bits per heavy atom. The van der Waals surface area contributed by atoms with Gasteiger partial charge in [-0.2, -0.15) is 0 Å². The molecule has 2 saturated heterocycles. The Hall–Kier alpha value is -1.96. The second kappa shape index (κ2) is 8.16. The van der Waals surface area contributed by atoms with Crippen LogP contribution < -0.4 is 5.32 Å². The van der Waals surface area contributed by atoms with Gasteiger partial charge in [-0.15, -0.1) is 0 Å². The molecule has 1 N–H and O–H groups in total. The number of piperidine rings is 1. The first-order valence-corrected chi connectivity index (χ1v) is 9.40. The third-order valence-corrected chi connectivity index (χ3v) is 5.55. The number of hydrogen-bond acceptors (Lipinski definition) is 6. The van der Waals surface area contributed by atoms with Gasteiger partial charge >= 0.3 is 0 Å². The molecular formula is C18H28N4O4. The molecule has 2 fully saturated rings. The fraction of sp³-hybridized carbons (Fsp3) is 0.778. The van der Waals surface area contributed by atoms with Gasteiger partial charge in [0.1, 0.15) is 11.4 Å². The van der Waals surface area contributed by atoms with E-state index in [9.17, 15) is 9.59 Å². The number of ether oxygens (including phenoxy) is 1. The Labute approximate surface area is 153 Å². The van der Waals surface area contributed by atoms with E-state index >= 15 is 0 Å². The second-order valence-electron chi connectivity index (χ2n) is 7.72. The molecule has 26 heavy (non-hydrogen) atoms. The minimum Gasteiger partial charge on any atom is -0.381 e. The van der Waals surface area contributed by atoms with Crippen LogP contribution in [0.5, 0.6) is 0 Å². The van der Waals surface area contributed by atoms with Crippen LogP contribution in [0.25, 0.3) is 0 Å². The monoisotopic (exact) mass is 364 g/mol. The van der Waals surface area contributed by atoms with Crippen LogP contribution in [-0.4, -0.2) is 59.9 Å². The van der Waals surface area contributed by atoms with Gasteiger partial charge in [-0.3, -0.25) is 9.59 Å². The predicted octanol–water partition coefficient (Wildman–Crippen LogP) is 1.09. The quantitative estimate of drug-likeness (QED) is 0.840. The van der Waals surface area contributed by atoms with Crippen LogP contribution in [0.2, 0.25) is 0 Å². The summed E-state index contributed by atoms with van der Waals surface area (Å²) in [5, 5.41) is 10.6. The fourth-order valence-electron chi connectivity index (χ4n) is 3.70.